The van der Waals surface area contributed by atoms with Crippen LogP contribution in [0.4, 0.5) is 0 Å². The van der Waals surface area contributed by atoms with Crippen molar-refractivity contribution < 1.29 is 4.79 Å². The zero-order valence-electron chi connectivity index (χ0n) is 9.45. The van der Waals surface area contributed by atoms with Gasteiger partial charge in [0, 0.05) is 0 Å². The highest BCUT2D eigenvalue weighted by Crippen LogP contribution is 2.17. The topological polar surface area (TPSA) is 39.4 Å². The molecule has 2 heteroatoms. The van der Waals surface area contributed by atoms with E-state index in [1.165, 1.54) is 11.1 Å². The van der Waals surface area contributed by atoms with E-state index in [1.807, 2.05) is 6.92 Å². The van der Waals surface area contributed by atoms with Gasteiger partial charge in [-0.05, 0) is 30.0 Å². The largest absolute Gasteiger partial charge is 0.724 e. The van der Waals surface area contributed by atoms with Crippen LogP contribution in [-0.2, 0) is 4.79 Å². The molecule has 0 spiro atoms. The molecule has 0 radical (unpaired) electrons. The molecule has 0 saturated heterocycles. The monoisotopic (exact) mass is 202 g/mol. The van der Waals surface area contributed by atoms with Crippen molar-refractivity contribution in [3.8, 4) is 0 Å². The van der Waals surface area contributed by atoms with Crippen LogP contribution in [0, 0.1) is 0 Å². The fourth-order valence-corrected chi connectivity index (χ4v) is 1.15. The van der Waals surface area contributed by atoms with Crippen LogP contribution >= 0.6 is 0 Å². The molecule has 0 bridgehead atoms. The Balaban J connectivity index is 0.000000583. The molecule has 0 atom stereocenters. The van der Waals surface area contributed by atoms with Gasteiger partial charge in [-0.15, -0.1) is 0 Å². The predicted octanol–water partition coefficient (Wildman–Crippen LogP) is 3.73. The summed E-state index contributed by atoms with van der Waals surface area (Å²) < 4.78 is 0. The van der Waals surface area contributed by atoms with Crippen LogP contribution in [0.1, 0.15) is 37.8 Å². The molecular weight excluding hydrogens is 186 g/mol. The third-order valence-corrected chi connectivity index (χ3v) is 2.07. The second kappa shape index (κ2) is 6.74. The average molecular weight is 202 g/mol. The average Bonchev–Trinajstić information content (AvgIpc) is 2.19. The van der Waals surface area contributed by atoms with Gasteiger partial charge < -0.3 is 5.41 Å². The fourth-order valence-electron chi connectivity index (χ4n) is 1.15. The SMILES string of the molecule is C=C(C)c1ccc(C(C)C)cc1.[N-]=C=O. The summed E-state index contributed by atoms with van der Waals surface area (Å²) >= 11 is 0. The molecule has 0 N–H and O–H groups in total. The summed E-state index contributed by atoms with van der Waals surface area (Å²) in [6.07, 6.45) is 0.500. The van der Waals surface area contributed by atoms with E-state index in [4.69, 9.17) is 10.2 Å². The van der Waals surface area contributed by atoms with Crippen LogP contribution in [0.25, 0.3) is 11.0 Å². The summed E-state index contributed by atoms with van der Waals surface area (Å²) in [4.78, 5) is 8.24. The van der Waals surface area contributed by atoms with E-state index in [2.05, 4.69) is 44.7 Å². The van der Waals surface area contributed by atoms with E-state index in [9.17, 15) is 0 Å². The van der Waals surface area contributed by atoms with Crippen molar-refractivity contribution in [3.05, 3.63) is 47.4 Å². The Bertz CT molecular complexity index is 343. The lowest BCUT2D eigenvalue weighted by Gasteiger charge is -2.06. The zero-order valence-corrected chi connectivity index (χ0v) is 9.45. The van der Waals surface area contributed by atoms with Crippen LogP contribution in [0.5, 0.6) is 0 Å². The first-order chi connectivity index (χ1) is 7.02. The van der Waals surface area contributed by atoms with Gasteiger partial charge in [0.1, 0.15) is 0 Å². The Hall–Kier alpha value is -1.66. The molecule has 0 aliphatic carbocycles. The summed E-state index contributed by atoms with van der Waals surface area (Å²) in [7, 11) is 0. The van der Waals surface area contributed by atoms with Crippen LogP contribution < -0.4 is 0 Å². The van der Waals surface area contributed by atoms with Gasteiger partial charge in [-0.25, -0.2) is 0 Å². The van der Waals surface area contributed by atoms with Crippen molar-refractivity contribution in [3.63, 3.8) is 0 Å². The number of hydrogen-bond donors (Lipinski definition) is 0. The van der Waals surface area contributed by atoms with Crippen LogP contribution in [0.3, 0.4) is 0 Å². The molecule has 80 valence electrons. The third kappa shape index (κ3) is 4.94. The van der Waals surface area contributed by atoms with Crippen molar-refractivity contribution >= 4 is 11.7 Å². The lowest BCUT2D eigenvalue weighted by Crippen LogP contribution is -1.86. The van der Waals surface area contributed by atoms with Crippen LogP contribution in [0.15, 0.2) is 30.8 Å². The Kier molecular flexibility index (Phi) is 6.00. The summed E-state index contributed by atoms with van der Waals surface area (Å²) in [6, 6.07) is 8.62. The summed E-state index contributed by atoms with van der Waals surface area (Å²) in [5, 5.41) is 6.76. The Morgan fingerprint density at radius 1 is 1.33 bits per heavy atom. The number of allylic oxidation sites excluding steroid dienone is 1. The summed E-state index contributed by atoms with van der Waals surface area (Å²) in [5.41, 5.74) is 3.75. The number of isocyanates is 1. The van der Waals surface area contributed by atoms with E-state index in [-0.39, 0.29) is 0 Å². The number of carbonyl (C=O) groups excluding carboxylic acids is 1. The normalized spacial score (nSPS) is 8.80. The minimum Gasteiger partial charge on any atom is -0.724 e. The van der Waals surface area contributed by atoms with E-state index in [0.717, 1.165) is 5.57 Å². The van der Waals surface area contributed by atoms with Gasteiger partial charge in [0.15, 0.2) is 0 Å². The molecule has 1 rings (SSSR count). The molecule has 15 heavy (non-hydrogen) atoms. The van der Waals surface area contributed by atoms with Gasteiger partial charge in [0.25, 0.3) is 0 Å². The smallest absolute Gasteiger partial charge is 0.0159 e. The van der Waals surface area contributed by atoms with Crippen LogP contribution in [-0.4, -0.2) is 6.08 Å². The number of benzene rings is 1. The van der Waals surface area contributed by atoms with Gasteiger partial charge in [-0.2, -0.15) is 0 Å². The molecule has 1 aromatic rings. The molecule has 0 heterocycles. The number of rotatable bonds is 2. The minimum absolute atomic E-state index is 0.500. The quantitative estimate of drug-likeness (QED) is 0.532. The third-order valence-electron chi connectivity index (χ3n) is 2.07. The first-order valence-corrected chi connectivity index (χ1v) is 4.80. The van der Waals surface area contributed by atoms with E-state index in [1.54, 1.807) is 0 Å². The molecule has 2 nitrogen and oxygen atoms in total. The maximum Gasteiger partial charge on any atom is -0.0159 e. The molecule has 0 aromatic heterocycles. The van der Waals surface area contributed by atoms with E-state index < -0.39 is 0 Å². The lowest BCUT2D eigenvalue weighted by molar-refractivity contribution is 0.569. The fraction of sp³-hybridized carbons (Fsp3) is 0.308. The maximum atomic E-state index is 8.24. The van der Waals surface area contributed by atoms with Crippen molar-refractivity contribution in [2.45, 2.75) is 26.7 Å². The molecule has 0 amide bonds. The summed E-state index contributed by atoms with van der Waals surface area (Å²) in [6.45, 7) is 10.3. The van der Waals surface area contributed by atoms with Crippen LogP contribution in [0.2, 0.25) is 0 Å². The van der Waals surface area contributed by atoms with E-state index in [0.29, 0.717) is 12.0 Å². The highest BCUT2D eigenvalue weighted by molar-refractivity contribution is 5.61. The maximum absolute atomic E-state index is 8.24. The zero-order chi connectivity index (χ0) is 11.8. The standard InChI is InChI=1S/C12H16.CNO/c1-9(2)11-5-7-12(8-6-11)10(3)4;2-1-3/h5-8,10H,1H2,2-4H3;/q;-1. The van der Waals surface area contributed by atoms with Crippen molar-refractivity contribution in [1.82, 2.24) is 0 Å². The lowest BCUT2D eigenvalue weighted by atomic mass is 10.00. The second-order valence-corrected chi connectivity index (χ2v) is 3.65. The highest BCUT2D eigenvalue weighted by atomic mass is 16.1. The van der Waals surface area contributed by atoms with Gasteiger partial charge >= 0.3 is 0 Å². The van der Waals surface area contributed by atoms with Crippen molar-refractivity contribution in [2.24, 2.45) is 0 Å². The molecule has 1 aromatic carbocycles. The first kappa shape index (κ1) is 13.3. The molecule has 0 unspecified atom stereocenters. The van der Waals surface area contributed by atoms with Gasteiger partial charge in [-0.1, -0.05) is 50.3 Å². The van der Waals surface area contributed by atoms with Gasteiger partial charge in [0.05, 0.1) is 0 Å². The molecule has 0 fully saturated rings. The van der Waals surface area contributed by atoms with Crippen molar-refractivity contribution in [2.75, 3.05) is 0 Å². The Morgan fingerprint density at radius 2 is 1.73 bits per heavy atom. The number of hydrogen-bond acceptors (Lipinski definition) is 1. The molecule has 0 aliphatic heterocycles. The number of nitrogens with zero attached hydrogens (tertiary/aromatic N) is 1. The minimum atomic E-state index is 0.500. The van der Waals surface area contributed by atoms with Gasteiger partial charge in [-0.3, -0.25) is 4.79 Å². The summed E-state index contributed by atoms with van der Waals surface area (Å²) in [5.74, 6) is 0.615. The van der Waals surface area contributed by atoms with Crippen molar-refractivity contribution in [1.29, 1.82) is 0 Å². The Labute approximate surface area is 91.1 Å². The molecule has 0 saturated carbocycles. The Morgan fingerprint density at radius 3 is 2.00 bits per heavy atom. The predicted molar refractivity (Wildman–Crippen MR) is 64.3 cm³/mol. The molecular formula is C13H16NO-. The van der Waals surface area contributed by atoms with E-state index >= 15 is 0 Å². The van der Waals surface area contributed by atoms with Gasteiger partial charge in [0.2, 0.25) is 0 Å². The first-order valence-electron chi connectivity index (χ1n) is 4.80. The highest BCUT2D eigenvalue weighted by Gasteiger charge is 1.98. The second-order valence-electron chi connectivity index (χ2n) is 3.65. The molecule has 0 aliphatic rings.